The number of methoxy groups -OCH3 is 2. The molecule has 6 heteroatoms. The highest BCUT2D eigenvalue weighted by atomic mass is 16.5. The monoisotopic (exact) mass is 360 g/mol. The molecule has 1 saturated heterocycles. The fourth-order valence-corrected chi connectivity index (χ4v) is 3.44. The first-order valence-corrected chi connectivity index (χ1v) is 8.50. The molecular weight excluding hydrogens is 336 g/mol. The summed E-state index contributed by atoms with van der Waals surface area (Å²) < 4.78 is 15.9. The molecule has 0 amide bonds. The average Bonchev–Trinajstić information content (AvgIpc) is 3.17. The number of aliphatic hydroxyl groups excluding tert-OH is 2. The summed E-state index contributed by atoms with van der Waals surface area (Å²) >= 11 is 0. The van der Waals surface area contributed by atoms with Crippen LogP contribution in [0.15, 0.2) is 42.5 Å². The molecule has 2 aromatic carbocycles. The van der Waals surface area contributed by atoms with Crippen molar-refractivity contribution in [2.75, 3.05) is 27.4 Å². The van der Waals surface area contributed by atoms with Crippen molar-refractivity contribution >= 4 is 0 Å². The smallest absolute Gasteiger partial charge is 0.160 e. The van der Waals surface area contributed by atoms with Crippen molar-refractivity contribution < 1.29 is 29.5 Å². The second-order valence-electron chi connectivity index (χ2n) is 6.46. The van der Waals surface area contributed by atoms with Crippen molar-refractivity contribution in [2.45, 2.75) is 12.2 Å². The quantitative estimate of drug-likeness (QED) is 0.733. The lowest BCUT2D eigenvalue weighted by atomic mass is 9.81. The molecule has 1 heterocycles. The summed E-state index contributed by atoms with van der Waals surface area (Å²) in [6.45, 7) is 0.700. The molecular formula is C20H24O6. The molecule has 1 fully saturated rings. The third kappa shape index (κ3) is 3.62. The number of hydrogen-bond donors (Lipinski definition) is 3. The van der Waals surface area contributed by atoms with E-state index in [-0.39, 0.29) is 17.6 Å². The molecule has 140 valence electrons. The lowest BCUT2D eigenvalue weighted by Gasteiger charge is -2.27. The van der Waals surface area contributed by atoms with E-state index in [4.69, 9.17) is 14.2 Å². The molecule has 0 aliphatic carbocycles. The lowest BCUT2D eigenvalue weighted by molar-refractivity contribution is 0.0303. The van der Waals surface area contributed by atoms with Gasteiger partial charge in [-0.15, -0.1) is 0 Å². The molecule has 0 radical (unpaired) electrons. The summed E-state index contributed by atoms with van der Waals surface area (Å²) in [5, 5.41) is 31.4. The fourth-order valence-electron chi connectivity index (χ4n) is 3.44. The number of benzene rings is 2. The zero-order chi connectivity index (χ0) is 18.7. The van der Waals surface area contributed by atoms with Crippen molar-refractivity contribution in [3.63, 3.8) is 0 Å². The molecule has 26 heavy (non-hydrogen) atoms. The third-order valence-electron chi connectivity index (χ3n) is 4.96. The van der Waals surface area contributed by atoms with Crippen molar-refractivity contribution in [3.8, 4) is 17.2 Å². The van der Waals surface area contributed by atoms with Crippen LogP contribution in [-0.4, -0.2) is 42.8 Å². The maximum atomic E-state index is 10.8. The number of rotatable bonds is 6. The van der Waals surface area contributed by atoms with Gasteiger partial charge >= 0.3 is 0 Å². The minimum atomic E-state index is -0.850. The molecule has 0 bridgehead atoms. The summed E-state index contributed by atoms with van der Waals surface area (Å²) in [5.74, 6) is 0.424. The summed E-state index contributed by atoms with van der Waals surface area (Å²) in [4.78, 5) is 0. The molecule has 4 unspecified atom stereocenters. The van der Waals surface area contributed by atoms with Crippen LogP contribution in [-0.2, 0) is 4.74 Å². The summed E-state index contributed by atoms with van der Waals surface area (Å²) in [6.07, 6.45) is -1.64. The Kier molecular flexibility index (Phi) is 5.66. The van der Waals surface area contributed by atoms with E-state index in [0.29, 0.717) is 30.3 Å². The Labute approximate surface area is 152 Å². The second kappa shape index (κ2) is 7.95. The van der Waals surface area contributed by atoms with E-state index in [1.165, 1.54) is 13.2 Å². The van der Waals surface area contributed by atoms with Crippen LogP contribution in [0.4, 0.5) is 0 Å². The third-order valence-corrected chi connectivity index (χ3v) is 4.96. The SMILES string of the molecule is COc1cccc(C(O)C2COCC2C(O)c2ccc(O)c(OC)c2)c1. The number of phenolic OH excluding ortho intramolecular Hbond substituents is 1. The average molecular weight is 360 g/mol. The van der Waals surface area contributed by atoms with E-state index >= 15 is 0 Å². The lowest BCUT2D eigenvalue weighted by Crippen LogP contribution is -2.26. The van der Waals surface area contributed by atoms with Crippen molar-refractivity contribution in [3.05, 3.63) is 53.6 Å². The number of phenols is 1. The molecule has 6 nitrogen and oxygen atoms in total. The predicted molar refractivity (Wildman–Crippen MR) is 95.4 cm³/mol. The number of aliphatic hydroxyl groups is 2. The normalized spacial score (nSPS) is 22.0. The van der Waals surface area contributed by atoms with Crippen LogP contribution in [0.25, 0.3) is 0 Å². The highest BCUT2D eigenvalue weighted by molar-refractivity contribution is 5.42. The zero-order valence-corrected chi connectivity index (χ0v) is 14.8. The first kappa shape index (κ1) is 18.5. The van der Waals surface area contributed by atoms with Gasteiger partial charge in [-0.05, 0) is 35.4 Å². The fraction of sp³-hybridized carbons (Fsp3) is 0.400. The molecule has 0 spiro atoms. The molecule has 3 N–H and O–H groups in total. The Bertz CT molecular complexity index is 747. The van der Waals surface area contributed by atoms with Crippen LogP contribution < -0.4 is 9.47 Å². The van der Waals surface area contributed by atoms with Gasteiger partial charge in [-0.25, -0.2) is 0 Å². The van der Waals surface area contributed by atoms with E-state index in [0.717, 1.165) is 5.56 Å². The molecule has 0 saturated carbocycles. The second-order valence-corrected chi connectivity index (χ2v) is 6.46. The van der Waals surface area contributed by atoms with Gasteiger partial charge in [0.25, 0.3) is 0 Å². The molecule has 4 atom stereocenters. The Morgan fingerprint density at radius 1 is 0.923 bits per heavy atom. The van der Waals surface area contributed by atoms with Crippen LogP contribution >= 0.6 is 0 Å². The van der Waals surface area contributed by atoms with E-state index < -0.39 is 12.2 Å². The number of hydrogen-bond acceptors (Lipinski definition) is 6. The van der Waals surface area contributed by atoms with Gasteiger partial charge in [-0.3, -0.25) is 0 Å². The Morgan fingerprint density at radius 2 is 1.58 bits per heavy atom. The Balaban J connectivity index is 1.82. The van der Waals surface area contributed by atoms with Gasteiger partial charge in [-0.2, -0.15) is 0 Å². The summed E-state index contributed by atoms with van der Waals surface area (Å²) in [7, 11) is 3.04. The van der Waals surface area contributed by atoms with Gasteiger partial charge in [-0.1, -0.05) is 18.2 Å². The van der Waals surface area contributed by atoms with E-state index in [1.807, 2.05) is 18.2 Å². The largest absolute Gasteiger partial charge is 0.504 e. The topological polar surface area (TPSA) is 88.4 Å². The van der Waals surface area contributed by atoms with Crippen LogP contribution in [0.3, 0.4) is 0 Å². The van der Waals surface area contributed by atoms with Gasteiger partial charge in [0.05, 0.1) is 39.6 Å². The molecule has 0 aromatic heterocycles. The highest BCUT2D eigenvalue weighted by Gasteiger charge is 2.39. The summed E-state index contributed by atoms with van der Waals surface area (Å²) in [5.41, 5.74) is 1.33. The van der Waals surface area contributed by atoms with Crippen LogP contribution in [0.5, 0.6) is 17.2 Å². The van der Waals surface area contributed by atoms with Crippen molar-refractivity contribution in [1.29, 1.82) is 0 Å². The predicted octanol–water partition coefficient (Wildman–Crippen LogP) is 2.44. The maximum Gasteiger partial charge on any atom is 0.160 e. The number of ether oxygens (including phenoxy) is 3. The van der Waals surface area contributed by atoms with Gasteiger partial charge in [0.2, 0.25) is 0 Å². The number of aromatic hydroxyl groups is 1. The molecule has 1 aliphatic heterocycles. The Morgan fingerprint density at radius 3 is 2.19 bits per heavy atom. The van der Waals surface area contributed by atoms with Gasteiger partial charge in [0.15, 0.2) is 11.5 Å². The van der Waals surface area contributed by atoms with Gasteiger partial charge in [0, 0.05) is 11.8 Å². The van der Waals surface area contributed by atoms with Gasteiger partial charge in [0.1, 0.15) is 5.75 Å². The Hall–Kier alpha value is -2.28. The highest BCUT2D eigenvalue weighted by Crippen LogP contribution is 2.41. The van der Waals surface area contributed by atoms with Crippen molar-refractivity contribution in [1.82, 2.24) is 0 Å². The summed E-state index contributed by atoms with van der Waals surface area (Å²) in [6, 6.07) is 12.0. The van der Waals surface area contributed by atoms with Gasteiger partial charge < -0.3 is 29.5 Å². The van der Waals surface area contributed by atoms with Crippen LogP contribution in [0.2, 0.25) is 0 Å². The minimum absolute atomic E-state index is 0.0130. The standard InChI is InChI=1S/C20H24O6/c1-24-14-5-3-4-12(8-14)19(22)15-10-26-11-16(15)20(23)13-6-7-17(21)18(9-13)25-2/h3-9,15-16,19-23H,10-11H2,1-2H3. The first-order chi connectivity index (χ1) is 12.5. The van der Waals surface area contributed by atoms with Crippen molar-refractivity contribution in [2.24, 2.45) is 11.8 Å². The van der Waals surface area contributed by atoms with E-state index in [1.54, 1.807) is 25.3 Å². The van der Waals surface area contributed by atoms with E-state index in [2.05, 4.69) is 0 Å². The minimum Gasteiger partial charge on any atom is -0.504 e. The maximum absolute atomic E-state index is 10.8. The van der Waals surface area contributed by atoms with E-state index in [9.17, 15) is 15.3 Å². The van der Waals surface area contributed by atoms with Crippen LogP contribution in [0, 0.1) is 11.8 Å². The molecule has 2 aromatic rings. The van der Waals surface area contributed by atoms with Crippen LogP contribution in [0.1, 0.15) is 23.3 Å². The molecule has 1 aliphatic rings. The molecule has 3 rings (SSSR count). The first-order valence-electron chi connectivity index (χ1n) is 8.50. The zero-order valence-electron chi connectivity index (χ0n) is 14.8.